The van der Waals surface area contributed by atoms with Crippen LogP contribution in [-0.4, -0.2) is 36.5 Å². The maximum absolute atomic E-state index is 10.1. The number of thiophene rings is 1. The number of hydrogen-bond acceptors (Lipinski definition) is 4. The Morgan fingerprint density at radius 1 is 1.40 bits per heavy atom. The molecule has 2 N–H and O–H groups in total. The van der Waals surface area contributed by atoms with Crippen LogP contribution >= 0.6 is 11.3 Å². The summed E-state index contributed by atoms with van der Waals surface area (Å²) in [7, 11) is 0. The van der Waals surface area contributed by atoms with Gasteiger partial charge in [-0.3, -0.25) is 0 Å². The summed E-state index contributed by atoms with van der Waals surface area (Å²) in [6, 6.07) is 8.76. The zero-order valence-electron chi connectivity index (χ0n) is 11.8. The van der Waals surface area contributed by atoms with Crippen LogP contribution in [-0.2, 0) is 11.2 Å². The molecule has 0 aliphatic carbocycles. The summed E-state index contributed by atoms with van der Waals surface area (Å²) in [6.45, 7) is 4.13. The van der Waals surface area contributed by atoms with E-state index in [0.717, 1.165) is 6.42 Å². The van der Waals surface area contributed by atoms with Crippen LogP contribution in [0.25, 0.3) is 10.1 Å². The molecule has 1 aliphatic rings. The van der Waals surface area contributed by atoms with Gasteiger partial charge in [0.2, 0.25) is 0 Å². The first-order chi connectivity index (χ1) is 9.65. The number of hydrogen-bond donors (Lipinski definition) is 2. The Balaban J connectivity index is 1.46. The molecule has 1 atom stereocenters. The van der Waals surface area contributed by atoms with Crippen LogP contribution in [0.15, 0.2) is 29.6 Å². The van der Waals surface area contributed by atoms with Gasteiger partial charge in [-0.1, -0.05) is 12.1 Å². The molecule has 0 saturated carbocycles. The van der Waals surface area contributed by atoms with Crippen molar-refractivity contribution in [1.82, 2.24) is 5.32 Å². The van der Waals surface area contributed by atoms with Crippen molar-refractivity contribution in [3.8, 4) is 0 Å². The van der Waals surface area contributed by atoms with Gasteiger partial charge in [0.15, 0.2) is 0 Å². The molecule has 1 aromatic heterocycles. The topological polar surface area (TPSA) is 41.5 Å². The molecule has 1 fully saturated rings. The zero-order valence-corrected chi connectivity index (χ0v) is 12.6. The van der Waals surface area contributed by atoms with Crippen molar-refractivity contribution in [2.75, 3.05) is 19.7 Å². The second-order valence-corrected chi connectivity index (χ2v) is 6.70. The molecule has 0 bridgehead atoms. The number of nitrogens with one attached hydrogen (secondary N) is 1. The van der Waals surface area contributed by atoms with Gasteiger partial charge in [-0.25, -0.2) is 0 Å². The highest BCUT2D eigenvalue weighted by molar-refractivity contribution is 7.17. The fourth-order valence-corrected chi connectivity index (χ4v) is 3.47. The van der Waals surface area contributed by atoms with Gasteiger partial charge in [0.05, 0.1) is 18.3 Å². The van der Waals surface area contributed by atoms with Crippen LogP contribution in [0, 0.1) is 0 Å². The molecule has 3 rings (SSSR count). The second kappa shape index (κ2) is 5.82. The van der Waals surface area contributed by atoms with Crippen LogP contribution in [0.3, 0.4) is 0 Å². The third kappa shape index (κ3) is 3.20. The normalized spacial score (nSPS) is 18.9. The van der Waals surface area contributed by atoms with Gasteiger partial charge < -0.3 is 15.2 Å². The van der Waals surface area contributed by atoms with Gasteiger partial charge in [0.25, 0.3) is 0 Å². The van der Waals surface area contributed by atoms with Crippen molar-refractivity contribution in [2.24, 2.45) is 0 Å². The number of fused-ring (bicyclic) bond motifs is 1. The lowest BCUT2D eigenvalue weighted by atomic mass is 9.91. The van der Waals surface area contributed by atoms with E-state index in [0.29, 0.717) is 26.1 Å². The quantitative estimate of drug-likeness (QED) is 0.859. The van der Waals surface area contributed by atoms with Crippen LogP contribution < -0.4 is 5.32 Å². The average molecular weight is 291 g/mol. The molecular weight excluding hydrogens is 270 g/mol. The first-order valence-corrected chi connectivity index (χ1v) is 8.03. The fourth-order valence-electron chi connectivity index (χ4n) is 2.70. The van der Waals surface area contributed by atoms with Gasteiger partial charge in [-0.2, -0.15) is 0 Å². The van der Waals surface area contributed by atoms with Gasteiger partial charge in [0.1, 0.15) is 0 Å². The predicted octanol–water partition coefficient (Wildman–Crippen LogP) is 2.57. The summed E-state index contributed by atoms with van der Waals surface area (Å²) >= 11 is 1.78. The largest absolute Gasteiger partial charge is 0.387 e. The minimum absolute atomic E-state index is 0.104. The highest BCUT2D eigenvalue weighted by Gasteiger charge is 2.35. The molecular formula is C16H21NO2S. The van der Waals surface area contributed by atoms with E-state index in [9.17, 15) is 5.11 Å². The maximum Gasteiger partial charge on any atom is 0.0919 e. The lowest BCUT2D eigenvalue weighted by Gasteiger charge is -2.39. The Morgan fingerprint density at radius 2 is 2.25 bits per heavy atom. The summed E-state index contributed by atoms with van der Waals surface area (Å²) in [6.07, 6.45) is 1.74. The van der Waals surface area contributed by atoms with E-state index in [1.54, 1.807) is 11.3 Å². The zero-order chi connectivity index (χ0) is 14.0. The molecule has 1 unspecified atom stereocenters. The Labute approximate surface area is 123 Å². The number of ether oxygens (including phenoxy) is 1. The summed E-state index contributed by atoms with van der Waals surface area (Å²) in [5.74, 6) is 0. The van der Waals surface area contributed by atoms with Gasteiger partial charge in [-0.05, 0) is 41.8 Å². The lowest BCUT2D eigenvalue weighted by molar-refractivity contribution is -0.0621. The van der Waals surface area contributed by atoms with Gasteiger partial charge in [-0.15, -0.1) is 11.3 Å². The molecule has 0 amide bonds. The van der Waals surface area contributed by atoms with E-state index in [2.05, 4.69) is 35.0 Å². The number of benzene rings is 1. The highest BCUT2D eigenvalue weighted by Crippen LogP contribution is 2.22. The van der Waals surface area contributed by atoms with E-state index in [1.165, 1.54) is 15.6 Å². The molecule has 2 heterocycles. The van der Waals surface area contributed by atoms with E-state index in [1.807, 2.05) is 6.92 Å². The summed E-state index contributed by atoms with van der Waals surface area (Å²) < 4.78 is 7.16. The maximum atomic E-state index is 10.1. The molecule has 1 saturated heterocycles. The molecule has 1 aromatic carbocycles. The van der Waals surface area contributed by atoms with E-state index in [-0.39, 0.29) is 6.10 Å². The van der Waals surface area contributed by atoms with Crippen LogP contribution in [0.2, 0.25) is 0 Å². The molecule has 0 spiro atoms. The summed E-state index contributed by atoms with van der Waals surface area (Å²) in [5.41, 5.74) is 0.766. The Hall–Kier alpha value is -0.940. The van der Waals surface area contributed by atoms with Crippen molar-refractivity contribution >= 4 is 21.4 Å². The Bertz CT molecular complexity index is 577. The van der Waals surface area contributed by atoms with Crippen molar-refractivity contribution in [1.29, 1.82) is 0 Å². The first-order valence-electron chi connectivity index (χ1n) is 7.15. The third-order valence-electron chi connectivity index (χ3n) is 3.89. The van der Waals surface area contributed by atoms with E-state index >= 15 is 0 Å². The van der Waals surface area contributed by atoms with Crippen LogP contribution in [0.1, 0.15) is 18.9 Å². The SMILES string of the molecule is CC(CC1(O)CNC1)OCCc1ccc2sccc2c1. The second-order valence-electron chi connectivity index (χ2n) is 5.76. The third-order valence-corrected chi connectivity index (χ3v) is 4.78. The summed E-state index contributed by atoms with van der Waals surface area (Å²) in [5, 5.41) is 16.6. The molecule has 3 nitrogen and oxygen atoms in total. The Morgan fingerprint density at radius 3 is 3.00 bits per heavy atom. The van der Waals surface area contributed by atoms with Crippen molar-refractivity contribution in [3.63, 3.8) is 0 Å². The molecule has 2 aromatic rings. The predicted molar refractivity (Wildman–Crippen MR) is 83.4 cm³/mol. The highest BCUT2D eigenvalue weighted by atomic mass is 32.1. The minimum atomic E-state index is -0.547. The average Bonchev–Trinajstić information content (AvgIpc) is 2.84. The standard InChI is InChI=1S/C16H21NO2S/c1-12(9-16(18)10-17-11-16)19-6-4-13-2-3-15-14(8-13)5-7-20-15/h2-3,5,7-8,12,17-18H,4,6,9-11H2,1H3. The van der Waals surface area contributed by atoms with Crippen molar-refractivity contribution in [3.05, 3.63) is 35.2 Å². The van der Waals surface area contributed by atoms with Crippen molar-refractivity contribution in [2.45, 2.75) is 31.5 Å². The number of aliphatic hydroxyl groups is 1. The minimum Gasteiger partial charge on any atom is -0.387 e. The molecule has 0 radical (unpaired) electrons. The van der Waals surface area contributed by atoms with E-state index in [4.69, 9.17) is 4.74 Å². The molecule has 4 heteroatoms. The number of rotatable bonds is 6. The Kier molecular flexibility index (Phi) is 4.08. The van der Waals surface area contributed by atoms with Crippen LogP contribution in [0.4, 0.5) is 0 Å². The smallest absolute Gasteiger partial charge is 0.0919 e. The fraction of sp³-hybridized carbons (Fsp3) is 0.500. The monoisotopic (exact) mass is 291 g/mol. The summed E-state index contributed by atoms with van der Waals surface area (Å²) in [4.78, 5) is 0. The molecule has 1 aliphatic heterocycles. The van der Waals surface area contributed by atoms with Crippen molar-refractivity contribution < 1.29 is 9.84 Å². The van der Waals surface area contributed by atoms with Gasteiger partial charge >= 0.3 is 0 Å². The van der Waals surface area contributed by atoms with Crippen LogP contribution in [0.5, 0.6) is 0 Å². The number of β-amino-alcohol motifs (C(OH)–C–C–N with tert-alkyl or cyclic N) is 1. The lowest BCUT2D eigenvalue weighted by Crippen LogP contribution is -2.60. The first kappa shape index (κ1) is 14.0. The molecule has 108 valence electrons. The van der Waals surface area contributed by atoms with E-state index < -0.39 is 5.60 Å². The van der Waals surface area contributed by atoms with Gasteiger partial charge in [0, 0.05) is 24.2 Å². The molecule has 20 heavy (non-hydrogen) atoms.